The van der Waals surface area contributed by atoms with Crippen molar-refractivity contribution in [1.29, 1.82) is 0 Å². The summed E-state index contributed by atoms with van der Waals surface area (Å²) in [4.78, 5) is 39.9. The lowest BCUT2D eigenvalue weighted by molar-refractivity contribution is -0.133. The Kier molecular flexibility index (Phi) is 7.28. The van der Waals surface area contributed by atoms with Crippen molar-refractivity contribution in [3.63, 3.8) is 0 Å². The van der Waals surface area contributed by atoms with Crippen molar-refractivity contribution in [1.82, 2.24) is 24.3 Å². The van der Waals surface area contributed by atoms with Gasteiger partial charge in [0.15, 0.2) is 0 Å². The molecule has 1 fully saturated rings. The van der Waals surface area contributed by atoms with Crippen LogP contribution in [0.5, 0.6) is 0 Å². The summed E-state index contributed by atoms with van der Waals surface area (Å²) in [6, 6.07) is 25.7. The van der Waals surface area contributed by atoms with E-state index in [1.165, 1.54) is 0 Å². The molecule has 5 aromatic rings. The molecule has 3 amide bonds. The minimum Gasteiger partial charge on any atom is -0.341 e. The molecule has 43 heavy (non-hydrogen) atoms. The number of hydrogen-bond donors (Lipinski definition) is 1. The fraction of sp³-hybridized carbons (Fsp3) is 0.235. The smallest absolute Gasteiger partial charge is 0.322 e. The molecule has 216 valence electrons. The van der Waals surface area contributed by atoms with Crippen LogP contribution in [0, 0.1) is 0 Å². The van der Waals surface area contributed by atoms with Crippen molar-refractivity contribution in [3.8, 4) is 22.4 Å². The molecule has 0 aliphatic carbocycles. The molecule has 1 N–H and O–H groups in total. The number of fused-ring (bicyclic) bond motifs is 2. The van der Waals surface area contributed by atoms with E-state index in [9.17, 15) is 9.59 Å². The first-order valence-electron chi connectivity index (χ1n) is 14.6. The lowest BCUT2D eigenvalue weighted by atomic mass is 10.0. The number of nitrogens with zero attached hydrogens (tertiary/aromatic N) is 5. The first-order chi connectivity index (χ1) is 21.1. The molecule has 0 unspecified atom stereocenters. The monoisotopic (exact) mass is 590 g/mol. The van der Waals surface area contributed by atoms with Crippen LogP contribution in [0.1, 0.15) is 18.4 Å². The standard InChI is InChI=1S/C34H31ClN6O2/c35-28-12-6-5-11-26(28)27-20-40(33-31(27)32(36-22-37-33)24-9-2-1-3-10-24)21-30(42)39-17-15-25(16-18-39)41-19-14-23-8-4-7-13-29(23)38-34(41)43/h1-13,20,22,25H,14-19,21H2,(H,38,43). The molecule has 0 spiro atoms. The Balaban J connectivity index is 1.12. The number of likely N-dealkylation sites (tertiary alicyclic amines) is 1. The fourth-order valence-electron chi connectivity index (χ4n) is 6.35. The van der Waals surface area contributed by atoms with Crippen molar-refractivity contribution in [3.05, 3.63) is 102 Å². The maximum absolute atomic E-state index is 13.7. The molecule has 4 heterocycles. The summed E-state index contributed by atoms with van der Waals surface area (Å²) in [5.74, 6) is 0.0219. The molecule has 9 heteroatoms. The van der Waals surface area contributed by atoms with Crippen LogP contribution in [0.4, 0.5) is 10.5 Å². The van der Waals surface area contributed by atoms with Gasteiger partial charge in [0, 0.05) is 59.3 Å². The van der Waals surface area contributed by atoms with Gasteiger partial charge in [0.2, 0.25) is 5.91 Å². The highest BCUT2D eigenvalue weighted by atomic mass is 35.5. The molecule has 8 nitrogen and oxygen atoms in total. The Morgan fingerprint density at radius 1 is 0.884 bits per heavy atom. The number of amides is 3. The minimum atomic E-state index is -0.0606. The molecular weight excluding hydrogens is 560 g/mol. The summed E-state index contributed by atoms with van der Waals surface area (Å²) in [6.45, 7) is 2.02. The maximum Gasteiger partial charge on any atom is 0.322 e. The van der Waals surface area contributed by atoms with Crippen molar-refractivity contribution >= 4 is 40.3 Å². The van der Waals surface area contributed by atoms with E-state index >= 15 is 0 Å². The highest BCUT2D eigenvalue weighted by molar-refractivity contribution is 6.33. The number of carbonyl (C=O) groups is 2. The van der Waals surface area contributed by atoms with Gasteiger partial charge < -0.3 is 19.7 Å². The number of urea groups is 1. The number of piperidine rings is 1. The minimum absolute atomic E-state index is 0.0219. The molecule has 0 bridgehead atoms. The first kappa shape index (κ1) is 27.2. The second kappa shape index (κ2) is 11.5. The number of anilines is 1. The molecule has 2 aliphatic rings. The van der Waals surface area contributed by atoms with E-state index in [-0.39, 0.29) is 24.5 Å². The zero-order chi connectivity index (χ0) is 29.3. The van der Waals surface area contributed by atoms with Crippen LogP contribution < -0.4 is 5.32 Å². The Hall–Kier alpha value is -4.69. The molecule has 3 aromatic carbocycles. The van der Waals surface area contributed by atoms with E-state index in [1.54, 1.807) is 6.33 Å². The van der Waals surface area contributed by atoms with Crippen molar-refractivity contribution < 1.29 is 9.59 Å². The average Bonchev–Trinajstić information content (AvgIpc) is 3.31. The molecule has 2 aromatic heterocycles. The van der Waals surface area contributed by atoms with E-state index in [1.807, 2.05) is 93.4 Å². The van der Waals surface area contributed by atoms with E-state index in [0.717, 1.165) is 58.3 Å². The van der Waals surface area contributed by atoms with Gasteiger partial charge in [-0.2, -0.15) is 0 Å². The number of benzene rings is 3. The molecule has 2 aliphatic heterocycles. The van der Waals surface area contributed by atoms with Gasteiger partial charge in [-0.25, -0.2) is 14.8 Å². The van der Waals surface area contributed by atoms with Gasteiger partial charge in [-0.05, 0) is 37.0 Å². The van der Waals surface area contributed by atoms with E-state index < -0.39 is 0 Å². The maximum atomic E-state index is 13.7. The van der Waals surface area contributed by atoms with Crippen LogP contribution in [0.25, 0.3) is 33.4 Å². The number of para-hydroxylation sites is 1. The normalized spacial score (nSPS) is 15.7. The highest BCUT2D eigenvalue weighted by Gasteiger charge is 2.31. The fourth-order valence-corrected chi connectivity index (χ4v) is 6.59. The molecule has 0 atom stereocenters. The van der Waals surface area contributed by atoms with Gasteiger partial charge in [-0.1, -0.05) is 78.3 Å². The van der Waals surface area contributed by atoms with Crippen LogP contribution in [-0.2, 0) is 17.8 Å². The Bertz CT molecular complexity index is 1810. The van der Waals surface area contributed by atoms with Crippen molar-refractivity contribution in [2.75, 3.05) is 25.0 Å². The SMILES string of the molecule is O=C(Cn1cc(-c2ccccc2Cl)c2c(-c3ccccc3)ncnc21)N1CCC(N2CCc3ccccc3NC2=O)CC1. The van der Waals surface area contributed by atoms with E-state index in [2.05, 4.69) is 21.4 Å². The lowest BCUT2D eigenvalue weighted by Crippen LogP contribution is -2.50. The Morgan fingerprint density at radius 2 is 1.63 bits per heavy atom. The van der Waals surface area contributed by atoms with Gasteiger partial charge in [0.05, 0.1) is 11.1 Å². The van der Waals surface area contributed by atoms with Gasteiger partial charge >= 0.3 is 6.03 Å². The molecular formula is C34H31ClN6O2. The second-order valence-corrected chi connectivity index (χ2v) is 11.5. The highest BCUT2D eigenvalue weighted by Crippen LogP contribution is 2.38. The summed E-state index contributed by atoms with van der Waals surface area (Å²) in [5.41, 5.74) is 6.25. The van der Waals surface area contributed by atoms with Crippen LogP contribution >= 0.6 is 11.6 Å². The summed E-state index contributed by atoms with van der Waals surface area (Å²) in [5, 5.41) is 4.56. The van der Waals surface area contributed by atoms with Crippen molar-refractivity contribution in [2.45, 2.75) is 31.8 Å². The molecule has 0 radical (unpaired) electrons. The largest absolute Gasteiger partial charge is 0.341 e. The van der Waals surface area contributed by atoms with E-state index in [0.29, 0.717) is 30.3 Å². The number of aromatic nitrogens is 3. The first-order valence-corrected chi connectivity index (χ1v) is 15.0. The van der Waals surface area contributed by atoms with Gasteiger partial charge in [0.25, 0.3) is 0 Å². The topological polar surface area (TPSA) is 83.4 Å². The number of rotatable bonds is 5. The zero-order valence-electron chi connectivity index (χ0n) is 23.6. The second-order valence-electron chi connectivity index (χ2n) is 11.1. The average molecular weight is 591 g/mol. The third-order valence-electron chi connectivity index (χ3n) is 8.57. The number of carbonyl (C=O) groups excluding carboxylic acids is 2. The van der Waals surface area contributed by atoms with E-state index in [4.69, 9.17) is 11.6 Å². The van der Waals surface area contributed by atoms with Gasteiger partial charge in [-0.3, -0.25) is 4.79 Å². The van der Waals surface area contributed by atoms with Crippen LogP contribution in [0.2, 0.25) is 5.02 Å². The molecule has 0 saturated carbocycles. The molecule has 1 saturated heterocycles. The van der Waals surface area contributed by atoms with Crippen molar-refractivity contribution in [2.24, 2.45) is 0 Å². The van der Waals surface area contributed by atoms with Crippen LogP contribution in [0.3, 0.4) is 0 Å². The Morgan fingerprint density at radius 3 is 2.44 bits per heavy atom. The quantitative estimate of drug-likeness (QED) is 0.253. The summed E-state index contributed by atoms with van der Waals surface area (Å²) >= 11 is 6.66. The molecule has 7 rings (SSSR count). The predicted molar refractivity (Wildman–Crippen MR) is 169 cm³/mol. The third-order valence-corrected chi connectivity index (χ3v) is 8.90. The predicted octanol–water partition coefficient (Wildman–Crippen LogP) is 6.50. The summed E-state index contributed by atoms with van der Waals surface area (Å²) < 4.78 is 1.91. The van der Waals surface area contributed by atoms with Gasteiger partial charge in [0.1, 0.15) is 18.5 Å². The van der Waals surface area contributed by atoms with Crippen LogP contribution in [0.15, 0.2) is 91.4 Å². The zero-order valence-corrected chi connectivity index (χ0v) is 24.4. The summed E-state index contributed by atoms with van der Waals surface area (Å²) in [7, 11) is 0. The number of hydrogen-bond acceptors (Lipinski definition) is 4. The number of nitrogens with one attached hydrogen (secondary N) is 1. The third kappa shape index (κ3) is 5.23. The summed E-state index contributed by atoms with van der Waals surface area (Å²) in [6.07, 6.45) is 5.82. The van der Waals surface area contributed by atoms with Gasteiger partial charge in [-0.15, -0.1) is 0 Å². The lowest BCUT2D eigenvalue weighted by Gasteiger charge is -2.38. The number of halogens is 1. The van der Waals surface area contributed by atoms with Crippen LogP contribution in [-0.4, -0.2) is 61.9 Å². The Labute approximate surface area is 254 Å².